The minimum Gasteiger partial charge on any atom is -0.507 e. The number of aliphatic hydroxyl groups is 1. The smallest absolute Gasteiger partial charge is 0.295 e. The lowest BCUT2D eigenvalue weighted by atomic mass is 9.85. The van der Waals surface area contributed by atoms with Crippen molar-refractivity contribution >= 4 is 29.1 Å². The lowest BCUT2D eigenvalue weighted by Crippen LogP contribution is -2.32. The van der Waals surface area contributed by atoms with Crippen LogP contribution < -0.4 is 4.74 Å². The Balaban J connectivity index is 2.11. The largest absolute Gasteiger partial charge is 0.507 e. The first-order valence-corrected chi connectivity index (χ1v) is 11.7. The number of aliphatic hydroxyl groups excluding tert-OH is 1. The highest BCUT2D eigenvalue weighted by molar-refractivity contribution is 6.46. The zero-order valence-electron chi connectivity index (χ0n) is 20.7. The Morgan fingerprint density at radius 1 is 1.12 bits per heavy atom. The van der Waals surface area contributed by atoms with Gasteiger partial charge in [-0.25, -0.2) is 0 Å². The summed E-state index contributed by atoms with van der Waals surface area (Å²) >= 11 is 6.26. The Labute approximate surface area is 206 Å². The monoisotopic (exact) mass is 484 g/mol. The molecule has 1 amide bonds. The number of benzene rings is 2. The first kappa shape index (κ1) is 25.8. The number of likely N-dealkylation sites (tertiary alicyclic amines) is 1. The molecule has 1 aliphatic rings. The summed E-state index contributed by atoms with van der Waals surface area (Å²) in [5.74, 6) is -1.09. The number of hydrogen-bond donors (Lipinski definition) is 1. The van der Waals surface area contributed by atoms with Crippen molar-refractivity contribution in [2.24, 2.45) is 0 Å². The number of Topliss-reactive ketones (excluding diaryl/α,β-unsaturated/α-hetero) is 1. The van der Waals surface area contributed by atoms with Crippen LogP contribution >= 0.6 is 11.6 Å². The predicted molar refractivity (Wildman–Crippen MR) is 135 cm³/mol. The van der Waals surface area contributed by atoms with E-state index in [2.05, 4.69) is 20.8 Å². The van der Waals surface area contributed by atoms with Crippen LogP contribution in [0.2, 0.25) is 5.02 Å². The van der Waals surface area contributed by atoms with Crippen LogP contribution in [-0.2, 0) is 15.0 Å². The van der Waals surface area contributed by atoms with E-state index >= 15 is 0 Å². The van der Waals surface area contributed by atoms with Crippen molar-refractivity contribution in [1.82, 2.24) is 9.80 Å². The maximum absolute atomic E-state index is 13.2. The highest BCUT2D eigenvalue weighted by atomic mass is 35.5. The lowest BCUT2D eigenvalue weighted by molar-refractivity contribution is -0.139. The number of nitrogens with zero attached hydrogens (tertiary/aromatic N) is 2. The summed E-state index contributed by atoms with van der Waals surface area (Å²) in [5, 5.41) is 11.5. The number of carbonyl (C=O) groups excluding carboxylic acids is 2. The highest BCUT2D eigenvalue weighted by Gasteiger charge is 2.45. The SMILES string of the molecule is COc1ccc(/C(O)=C2/C(=O)C(=O)N(CCCN(C)C)C2c2ccc(C(C)(C)C)cc2)cc1Cl. The minimum atomic E-state index is -0.695. The molecule has 3 rings (SSSR count). The fourth-order valence-corrected chi connectivity index (χ4v) is 4.41. The van der Waals surface area contributed by atoms with Gasteiger partial charge < -0.3 is 19.6 Å². The van der Waals surface area contributed by atoms with E-state index in [1.54, 1.807) is 17.0 Å². The number of carbonyl (C=O) groups is 2. The van der Waals surface area contributed by atoms with Gasteiger partial charge in [0.15, 0.2) is 0 Å². The summed E-state index contributed by atoms with van der Waals surface area (Å²) in [6.07, 6.45) is 0.699. The minimum absolute atomic E-state index is 0.0358. The molecule has 1 atom stereocenters. The van der Waals surface area contributed by atoms with Crippen molar-refractivity contribution in [2.75, 3.05) is 34.3 Å². The molecule has 1 saturated heterocycles. The van der Waals surface area contributed by atoms with Gasteiger partial charge in [-0.3, -0.25) is 9.59 Å². The van der Waals surface area contributed by atoms with Crippen LogP contribution in [0.4, 0.5) is 0 Å². The maximum Gasteiger partial charge on any atom is 0.295 e. The molecule has 0 saturated carbocycles. The first-order valence-electron chi connectivity index (χ1n) is 11.3. The van der Waals surface area contributed by atoms with Crippen molar-refractivity contribution in [2.45, 2.75) is 38.6 Å². The molecule has 0 bridgehead atoms. The summed E-state index contributed by atoms with van der Waals surface area (Å²) in [5.41, 5.74) is 2.31. The van der Waals surface area contributed by atoms with Crippen molar-refractivity contribution in [3.05, 3.63) is 69.8 Å². The summed E-state index contributed by atoms with van der Waals surface area (Å²) in [6, 6.07) is 12.0. The number of ether oxygens (including phenoxy) is 1. The third-order valence-corrected chi connectivity index (χ3v) is 6.36. The number of ketones is 1. The number of amides is 1. The molecule has 182 valence electrons. The van der Waals surface area contributed by atoms with E-state index in [1.165, 1.54) is 13.2 Å². The van der Waals surface area contributed by atoms with Gasteiger partial charge in [0.1, 0.15) is 11.5 Å². The molecule has 7 heteroatoms. The third-order valence-electron chi connectivity index (χ3n) is 6.06. The van der Waals surface area contributed by atoms with Gasteiger partial charge in [0.2, 0.25) is 0 Å². The van der Waals surface area contributed by atoms with E-state index in [4.69, 9.17) is 16.3 Å². The second-order valence-corrected chi connectivity index (χ2v) is 10.3. The Kier molecular flexibility index (Phi) is 7.74. The molecule has 0 aliphatic carbocycles. The molecule has 0 spiro atoms. The van der Waals surface area contributed by atoms with Crippen LogP contribution in [0.1, 0.15) is 49.9 Å². The van der Waals surface area contributed by atoms with Gasteiger partial charge in [0.25, 0.3) is 11.7 Å². The Morgan fingerprint density at radius 3 is 2.29 bits per heavy atom. The van der Waals surface area contributed by atoms with Gasteiger partial charge >= 0.3 is 0 Å². The molecule has 0 aromatic heterocycles. The zero-order valence-corrected chi connectivity index (χ0v) is 21.4. The van der Waals surface area contributed by atoms with E-state index in [-0.39, 0.29) is 16.7 Å². The van der Waals surface area contributed by atoms with Crippen molar-refractivity contribution in [1.29, 1.82) is 0 Å². The van der Waals surface area contributed by atoms with Gasteiger partial charge in [0.05, 0.1) is 23.7 Å². The first-order chi connectivity index (χ1) is 16.0. The van der Waals surface area contributed by atoms with E-state index in [1.807, 2.05) is 43.3 Å². The summed E-state index contributed by atoms with van der Waals surface area (Å²) in [6.45, 7) is 7.55. The second-order valence-electron chi connectivity index (χ2n) is 9.87. The van der Waals surface area contributed by atoms with E-state index in [0.717, 1.165) is 17.7 Å². The highest BCUT2D eigenvalue weighted by Crippen LogP contribution is 2.41. The summed E-state index contributed by atoms with van der Waals surface area (Å²) in [4.78, 5) is 29.8. The molecule has 1 N–H and O–H groups in total. The van der Waals surface area contributed by atoms with Crippen LogP contribution in [0.25, 0.3) is 5.76 Å². The van der Waals surface area contributed by atoms with Gasteiger partial charge in [-0.15, -0.1) is 0 Å². The van der Waals surface area contributed by atoms with Gasteiger partial charge in [-0.2, -0.15) is 0 Å². The van der Waals surface area contributed by atoms with Crippen LogP contribution in [0.3, 0.4) is 0 Å². The number of halogens is 1. The van der Waals surface area contributed by atoms with Gasteiger partial charge in [-0.05, 0) is 61.8 Å². The third kappa shape index (κ3) is 5.29. The molecule has 1 heterocycles. The predicted octanol–water partition coefficient (Wildman–Crippen LogP) is 5.02. The van der Waals surface area contributed by atoms with E-state index in [0.29, 0.717) is 29.3 Å². The van der Waals surface area contributed by atoms with Crippen LogP contribution in [0.5, 0.6) is 5.75 Å². The molecule has 2 aromatic carbocycles. The summed E-state index contributed by atoms with van der Waals surface area (Å²) < 4.78 is 5.19. The molecular formula is C27H33ClN2O4. The van der Waals surface area contributed by atoms with Crippen molar-refractivity contribution < 1.29 is 19.4 Å². The Bertz CT molecular complexity index is 1100. The van der Waals surface area contributed by atoms with E-state index < -0.39 is 17.7 Å². The fourth-order valence-electron chi connectivity index (χ4n) is 4.15. The maximum atomic E-state index is 13.2. The normalized spacial score (nSPS) is 18.1. The molecule has 34 heavy (non-hydrogen) atoms. The zero-order chi connectivity index (χ0) is 25.2. The quantitative estimate of drug-likeness (QED) is 0.339. The van der Waals surface area contributed by atoms with Crippen LogP contribution in [0, 0.1) is 0 Å². The molecule has 6 nitrogen and oxygen atoms in total. The molecule has 1 unspecified atom stereocenters. The molecule has 1 fully saturated rings. The fraction of sp³-hybridized carbons (Fsp3) is 0.407. The van der Waals surface area contributed by atoms with Gasteiger partial charge in [-0.1, -0.05) is 56.6 Å². The average molecular weight is 485 g/mol. The van der Waals surface area contributed by atoms with Gasteiger partial charge in [0, 0.05) is 12.1 Å². The molecule has 0 radical (unpaired) electrons. The Hall–Kier alpha value is -2.83. The molecule has 1 aliphatic heterocycles. The second kappa shape index (κ2) is 10.2. The average Bonchev–Trinajstić information content (AvgIpc) is 3.02. The molecule has 2 aromatic rings. The lowest BCUT2D eigenvalue weighted by Gasteiger charge is -2.27. The van der Waals surface area contributed by atoms with Crippen LogP contribution in [0.15, 0.2) is 48.0 Å². The Morgan fingerprint density at radius 2 is 1.76 bits per heavy atom. The summed E-state index contributed by atoms with van der Waals surface area (Å²) in [7, 11) is 5.43. The van der Waals surface area contributed by atoms with E-state index in [9.17, 15) is 14.7 Å². The van der Waals surface area contributed by atoms with Crippen molar-refractivity contribution in [3.8, 4) is 5.75 Å². The molecular weight excluding hydrogens is 452 g/mol. The standard InChI is InChI=1S/C27H33ClN2O4/c1-27(2,3)19-11-8-17(9-12-19)23-22(24(31)18-10-13-21(34-6)20(28)16-18)25(32)26(33)30(23)15-7-14-29(4)5/h8-13,16,23,31H,7,14-15H2,1-6H3/b24-22-. The van der Waals surface area contributed by atoms with Crippen LogP contribution in [-0.4, -0.2) is 60.9 Å². The number of methoxy groups -OCH3 is 1. The van der Waals surface area contributed by atoms with Crippen molar-refractivity contribution in [3.63, 3.8) is 0 Å². The topological polar surface area (TPSA) is 70.1 Å². The number of hydrogen-bond acceptors (Lipinski definition) is 5. The number of rotatable bonds is 7.